The summed E-state index contributed by atoms with van der Waals surface area (Å²) in [5.41, 5.74) is 0. The predicted molar refractivity (Wildman–Crippen MR) is 45.5 cm³/mol. The molecule has 1 radical (unpaired) electrons. The maximum atomic E-state index is 5.16. The number of hydrogen-bond acceptors (Lipinski definition) is 2. The molecule has 0 aliphatic rings. The topological polar surface area (TPSA) is 18.5 Å². The second-order valence-corrected chi connectivity index (χ2v) is 2.75. The van der Waals surface area contributed by atoms with Crippen molar-refractivity contribution in [2.75, 3.05) is 13.9 Å². The molecule has 0 fully saturated rings. The van der Waals surface area contributed by atoms with Crippen LogP contribution in [-0.4, -0.2) is 13.9 Å². The van der Waals surface area contributed by atoms with Crippen molar-refractivity contribution in [2.24, 2.45) is 0 Å². The standard InChI is InChI=1S/C8H8BrO2/c1-10-6-11-8-5-3-2-4-7(8)9/h2-4H,6H2,1H3. The number of benzene rings is 1. The third kappa shape index (κ3) is 2.52. The molecule has 1 aromatic carbocycles. The van der Waals surface area contributed by atoms with Crippen LogP contribution in [0.5, 0.6) is 5.75 Å². The fourth-order valence-corrected chi connectivity index (χ4v) is 1.01. The van der Waals surface area contributed by atoms with Gasteiger partial charge in [-0.15, -0.1) is 0 Å². The summed E-state index contributed by atoms with van der Waals surface area (Å²) < 4.78 is 10.8. The van der Waals surface area contributed by atoms with Crippen LogP contribution in [0.15, 0.2) is 22.7 Å². The fourth-order valence-electron chi connectivity index (χ4n) is 0.629. The van der Waals surface area contributed by atoms with Crippen LogP contribution in [0.3, 0.4) is 0 Å². The predicted octanol–water partition coefficient (Wildman–Crippen LogP) is 2.23. The van der Waals surface area contributed by atoms with Crippen LogP contribution in [0.25, 0.3) is 0 Å². The molecule has 0 saturated heterocycles. The first kappa shape index (κ1) is 8.56. The van der Waals surface area contributed by atoms with Gasteiger partial charge in [0.25, 0.3) is 0 Å². The second-order valence-electron chi connectivity index (χ2n) is 1.90. The Morgan fingerprint density at radius 3 is 3.09 bits per heavy atom. The summed E-state index contributed by atoms with van der Waals surface area (Å²) in [5.74, 6) is 0.675. The molecule has 0 aliphatic carbocycles. The molecule has 1 aromatic rings. The molecule has 2 nitrogen and oxygen atoms in total. The molecular weight excluding hydrogens is 208 g/mol. The molecule has 0 unspecified atom stereocenters. The lowest BCUT2D eigenvalue weighted by atomic mass is 10.3. The minimum absolute atomic E-state index is 0.249. The van der Waals surface area contributed by atoms with Crippen molar-refractivity contribution >= 4 is 15.9 Å². The smallest absolute Gasteiger partial charge is 0.188 e. The molecule has 11 heavy (non-hydrogen) atoms. The molecule has 0 amide bonds. The molecule has 0 heterocycles. The van der Waals surface area contributed by atoms with E-state index in [1.54, 1.807) is 13.2 Å². The molecule has 0 aliphatic heterocycles. The van der Waals surface area contributed by atoms with Gasteiger partial charge in [0.05, 0.1) is 4.47 Å². The van der Waals surface area contributed by atoms with E-state index in [1.807, 2.05) is 12.1 Å². The lowest BCUT2D eigenvalue weighted by molar-refractivity contribution is 0.0504. The zero-order valence-corrected chi connectivity index (χ0v) is 7.72. The van der Waals surface area contributed by atoms with Crippen molar-refractivity contribution in [2.45, 2.75) is 0 Å². The van der Waals surface area contributed by atoms with Crippen LogP contribution in [0.2, 0.25) is 0 Å². The van der Waals surface area contributed by atoms with Crippen molar-refractivity contribution in [3.05, 3.63) is 28.7 Å². The minimum atomic E-state index is 0.249. The largest absolute Gasteiger partial charge is 0.466 e. The van der Waals surface area contributed by atoms with E-state index in [0.29, 0.717) is 5.75 Å². The van der Waals surface area contributed by atoms with E-state index in [0.717, 1.165) is 4.47 Å². The van der Waals surface area contributed by atoms with Crippen LogP contribution < -0.4 is 4.74 Å². The Morgan fingerprint density at radius 2 is 2.45 bits per heavy atom. The van der Waals surface area contributed by atoms with E-state index in [9.17, 15) is 0 Å². The summed E-state index contributed by atoms with van der Waals surface area (Å²) in [6.45, 7) is 0.249. The monoisotopic (exact) mass is 215 g/mol. The van der Waals surface area contributed by atoms with Gasteiger partial charge in [-0.3, -0.25) is 0 Å². The third-order valence-electron chi connectivity index (χ3n) is 1.09. The van der Waals surface area contributed by atoms with Crippen LogP contribution in [0.1, 0.15) is 0 Å². The van der Waals surface area contributed by atoms with Gasteiger partial charge in [-0.2, -0.15) is 0 Å². The summed E-state index contributed by atoms with van der Waals surface area (Å²) in [6, 6.07) is 8.48. The van der Waals surface area contributed by atoms with Gasteiger partial charge in [0.1, 0.15) is 5.75 Å². The Bertz CT molecular complexity index is 225. The first-order valence-electron chi connectivity index (χ1n) is 3.12. The van der Waals surface area contributed by atoms with E-state index in [-0.39, 0.29) is 6.79 Å². The normalized spacial score (nSPS) is 9.64. The Morgan fingerprint density at radius 1 is 1.64 bits per heavy atom. The van der Waals surface area contributed by atoms with Crippen LogP contribution in [0, 0.1) is 6.07 Å². The Labute approximate surface area is 74.3 Å². The van der Waals surface area contributed by atoms with Crippen molar-refractivity contribution in [3.63, 3.8) is 0 Å². The summed E-state index contributed by atoms with van der Waals surface area (Å²) in [4.78, 5) is 0. The summed E-state index contributed by atoms with van der Waals surface area (Å²) >= 11 is 3.31. The van der Waals surface area contributed by atoms with Crippen LogP contribution in [0.4, 0.5) is 0 Å². The van der Waals surface area contributed by atoms with Crippen molar-refractivity contribution in [1.82, 2.24) is 0 Å². The van der Waals surface area contributed by atoms with Gasteiger partial charge in [0.2, 0.25) is 0 Å². The van der Waals surface area contributed by atoms with E-state index in [1.165, 1.54) is 0 Å². The van der Waals surface area contributed by atoms with Crippen molar-refractivity contribution < 1.29 is 9.47 Å². The lowest BCUT2D eigenvalue weighted by Gasteiger charge is -2.04. The molecule has 0 bridgehead atoms. The van der Waals surface area contributed by atoms with Crippen molar-refractivity contribution in [1.29, 1.82) is 0 Å². The molecule has 59 valence electrons. The highest BCUT2D eigenvalue weighted by Gasteiger charge is 1.97. The average Bonchev–Trinajstić information content (AvgIpc) is 2.03. The maximum Gasteiger partial charge on any atom is 0.188 e. The fraction of sp³-hybridized carbons (Fsp3) is 0.250. The summed E-state index contributed by atoms with van der Waals surface area (Å²) in [6.07, 6.45) is 0. The van der Waals surface area contributed by atoms with E-state index >= 15 is 0 Å². The zero-order chi connectivity index (χ0) is 8.10. The van der Waals surface area contributed by atoms with Gasteiger partial charge in [0, 0.05) is 13.2 Å². The molecule has 0 saturated carbocycles. The van der Waals surface area contributed by atoms with E-state index in [4.69, 9.17) is 9.47 Å². The Kier molecular flexibility index (Phi) is 3.39. The number of ether oxygens (including phenoxy) is 2. The highest BCUT2D eigenvalue weighted by Crippen LogP contribution is 2.22. The quantitative estimate of drug-likeness (QED) is 0.721. The summed E-state index contributed by atoms with van der Waals surface area (Å²) in [7, 11) is 1.58. The van der Waals surface area contributed by atoms with Gasteiger partial charge in [-0.05, 0) is 22.0 Å². The van der Waals surface area contributed by atoms with Gasteiger partial charge in [0.15, 0.2) is 6.79 Å². The molecule has 0 N–H and O–H groups in total. The number of hydrogen-bond donors (Lipinski definition) is 0. The third-order valence-corrected chi connectivity index (χ3v) is 1.72. The number of rotatable bonds is 3. The van der Waals surface area contributed by atoms with Gasteiger partial charge in [-0.25, -0.2) is 0 Å². The van der Waals surface area contributed by atoms with Crippen LogP contribution in [-0.2, 0) is 4.74 Å². The highest BCUT2D eigenvalue weighted by molar-refractivity contribution is 9.10. The van der Waals surface area contributed by atoms with E-state index in [2.05, 4.69) is 22.0 Å². The highest BCUT2D eigenvalue weighted by atomic mass is 79.9. The lowest BCUT2D eigenvalue weighted by Crippen LogP contribution is -1.98. The Hall–Kier alpha value is -0.540. The Balaban J connectivity index is 2.62. The number of methoxy groups -OCH3 is 1. The van der Waals surface area contributed by atoms with Crippen molar-refractivity contribution in [3.8, 4) is 5.75 Å². The molecule has 0 aromatic heterocycles. The maximum absolute atomic E-state index is 5.16. The molecule has 0 spiro atoms. The molecule has 1 rings (SSSR count). The van der Waals surface area contributed by atoms with Gasteiger partial charge in [-0.1, -0.05) is 12.1 Å². The second kappa shape index (κ2) is 4.36. The molecule has 3 heteroatoms. The van der Waals surface area contributed by atoms with Gasteiger partial charge >= 0.3 is 0 Å². The van der Waals surface area contributed by atoms with Crippen LogP contribution >= 0.6 is 15.9 Å². The number of halogens is 1. The molecule has 0 atom stereocenters. The zero-order valence-electron chi connectivity index (χ0n) is 6.13. The number of para-hydroxylation sites is 1. The average molecular weight is 216 g/mol. The molecular formula is C8H8BrO2. The SMILES string of the molecule is COCOc1[c]cccc1Br. The first-order chi connectivity index (χ1) is 5.34. The van der Waals surface area contributed by atoms with E-state index < -0.39 is 0 Å². The van der Waals surface area contributed by atoms with Gasteiger partial charge < -0.3 is 9.47 Å². The first-order valence-corrected chi connectivity index (χ1v) is 3.92. The minimum Gasteiger partial charge on any atom is -0.466 e. The summed E-state index contributed by atoms with van der Waals surface area (Å²) in [5, 5.41) is 0.